The normalized spacial score (nSPS) is 15.1. The van der Waals surface area contributed by atoms with Crippen LogP contribution >= 0.6 is 11.3 Å². The second-order valence-corrected chi connectivity index (χ2v) is 6.47. The number of nitrogens with one attached hydrogen (secondary N) is 1. The highest BCUT2D eigenvalue weighted by atomic mass is 32.1. The number of rotatable bonds is 9. The van der Waals surface area contributed by atoms with Gasteiger partial charge in [0.2, 0.25) is 0 Å². The van der Waals surface area contributed by atoms with Gasteiger partial charge in [0, 0.05) is 23.5 Å². The van der Waals surface area contributed by atoms with E-state index < -0.39 is 0 Å². The fourth-order valence-corrected chi connectivity index (χ4v) is 3.69. The van der Waals surface area contributed by atoms with Gasteiger partial charge in [-0.15, -0.1) is 11.3 Å². The second kappa shape index (κ2) is 8.72. The highest BCUT2D eigenvalue weighted by molar-refractivity contribution is 7.10. The average molecular weight is 282 g/mol. The molecule has 0 aliphatic heterocycles. The van der Waals surface area contributed by atoms with E-state index in [-0.39, 0.29) is 0 Å². The average Bonchev–Trinajstić information content (AvgIpc) is 2.92. The molecular formula is C16H30N2S. The highest BCUT2D eigenvalue weighted by Crippen LogP contribution is 2.23. The molecule has 1 heterocycles. The van der Waals surface area contributed by atoms with E-state index in [2.05, 4.69) is 62.6 Å². The largest absolute Gasteiger partial charge is 0.308 e. The van der Waals surface area contributed by atoms with Crippen molar-refractivity contribution >= 4 is 11.3 Å². The van der Waals surface area contributed by atoms with Crippen molar-refractivity contribution in [3.05, 3.63) is 22.4 Å². The Hall–Kier alpha value is -0.380. The molecule has 1 rings (SSSR count). The lowest BCUT2D eigenvalue weighted by Crippen LogP contribution is -2.43. The smallest absolute Gasteiger partial charge is 0.0412 e. The third-order valence-corrected chi connectivity index (χ3v) is 5.11. The van der Waals surface area contributed by atoms with Gasteiger partial charge in [-0.2, -0.15) is 0 Å². The van der Waals surface area contributed by atoms with E-state index >= 15 is 0 Å². The summed E-state index contributed by atoms with van der Waals surface area (Å²) in [4.78, 5) is 3.84. The summed E-state index contributed by atoms with van der Waals surface area (Å²) in [7, 11) is 4.41. The van der Waals surface area contributed by atoms with Crippen LogP contribution in [-0.2, 0) is 0 Å². The SMILES string of the molecule is CCC(NCC(C(CC)CC)N(C)C)c1cccs1. The van der Waals surface area contributed by atoms with Gasteiger partial charge in [0.15, 0.2) is 0 Å². The first-order valence-electron chi connectivity index (χ1n) is 7.57. The van der Waals surface area contributed by atoms with Gasteiger partial charge in [-0.25, -0.2) is 0 Å². The van der Waals surface area contributed by atoms with Crippen molar-refractivity contribution in [2.45, 2.75) is 52.1 Å². The number of likely N-dealkylation sites (N-methyl/N-ethyl adjacent to an activating group) is 1. The third-order valence-electron chi connectivity index (χ3n) is 4.12. The molecule has 0 fully saturated rings. The monoisotopic (exact) mass is 282 g/mol. The van der Waals surface area contributed by atoms with Crippen molar-refractivity contribution < 1.29 is 0 Å². The first-order valence-corrected chi connectivity index (χ1v) is 8.45. The molecule has 0 radical (unpaired) electrons. The van der Waals surface area contributed by atoms with E-state index in [1.54, 1.807) is 0 Å². The molecule has 0 aliphatic carbocycles. The summed E-state index contributed by atoms with van der Waals surface area (Å²) >= 11 is 1.86. The van der Waals surface area contributed by atoms with Crippen LogP contribution < -0.4 is 5.32 Å². The van der Waals surface area contributed by atoms with Gasteiger partial charge < -0.3 is 10.2 Å². The molecule has 3 heteroatoms. The molecule has 0 bridgehead atoms. The van der Waals surface area contributed by atoms with Crippen LogP contribution in [-0.4, -0.2) is 31.6 Å². The first kappa shape index (κ1) is 16.7. The predicted molar refractivity (Wildman–Crippen MR) is 86.9 cm³/mol. The molecule has 0 amide bonds. The Morgan fingerprint density at radius 1 is 1.16 bits per heavy atom. The zero-order valence-electron chi connectivity index (χ0n) is 13.1. The van der Waals surface area contributed by atoms with E-state index in [9.17, 15) is 0 Å². The minimum absolute atomic E-state index is 0.511. The van der Waals surface area contributed by atoms with Crippen molar-refractivity contribution in [1.29, 1.82) is 0 Å². The lowest BCUT2D eigenvalue weighted by Gasteiger charge is -2.33. The molecule has 0 saturated heterocycles. The Labute approximate surface area is 123 Å². The number of hydrogen-bond acceptors (Lipinski definition) is 3. The molecule has 0 aliphatic rings. The van der Waals surface area contributed by atoms with Crippen LogP contribution in [0.2, 0.25) is 0 Å². The summed E-state index contributed by atoms with van der Waals surface area (Å²) in [6, 6.07) is 5.53. The van der Waals surface area contributed by atoms with Gasteiger partial charge in [-0.1, -0.05) is 39.7 Å². The number of thiophene rings is 1. The zero-order valence-corrected chi connectivity index (χ0v) is 14.0. The van der Waals surface area contributed by atoms with E-state index in [4.69, 9.17) is 0 Å². The first-order chi connectivity index (χ1) is 9.13. The lowest BCUT2D eigenvalue weighted by molar-refractivity contribution is 0.189. The minimum atomic E-state index is 0.511. The summed E-state index contributed by atoms with van der Waals surface area (Å²) in [5.41, 5.74) is 0. The Kier molecular flexibility index (Phi) is 7.66. The highest BCUT2D eigenvalue weighted by Gasteiger charge is 2.21. The standard InChI is InChI=1S/C16H30N2S/c1-6-13(7-2)15(18(4)5)12-17-14(8-3)16-10-9-11-19-16/h9-11,13-15,17H,6-8,12H2,1-5H3. The van der Waals surface area contributed by atoms with Gasteiger partial charge in [-0.05, 0) is 37.9 Å². The van der Waals surface area contributed by atoms with Crippen molar-refractivity contribution in [1.82, 2.24) is 10.2 Å². The van der Waals surface area contributed by atoms with Gasteiger partial charge >= 0.3 is 0 Å². The quantitative estimate of drug-likeness (QED) is 0.732. The molecule has 2 unspecified atom stereocenters. The Balaban J connectivity index is 2.59. The lowest BCUT2D eigenvalue weighted by atomic mass is 9.93. The van der Waals surface area contributed by atoms with Gasteiger partial charge in [-0.3, -0.25) is 0 Å². The van der Waals surface area contributed by atoms with Crippen LogP contribution in [0, 0.1) is 5.92 Å². The molecule has 19 heavy (non-hydrogen) atoms. The van der Waals surface area contributed by atoms with E-state index in [1.165, 1.54) is 17.7 Å². The fourth-order valence-electron chi connectivity index (χ4n) is 2.80. The van der Waals surface area contributed by atoms with E-state index in [0.29, 0.717) is 12.1 Å². The minimum Gasteiger partial charge on any atom is -0.308 e. The molecule has 0 aromatic carbocycles. The van der Waals surface area contributed by atoms with E-state index in [1.807, 2.05) is 11.3 Å². The Morgan fingerprint density at radius 2 is 1.84 bits per heavy atom. The maximum atomic E-state index is 3.77. The molecule has 110 valence electrons. The van der Waals surface area contributed by atoms with Gasteiger partial charge in [0.25, 0.3) is 0 Å². The van der Waals surface area contributed by atoms with Gasteiger partial charge in [0.1, 0.15) is 0 Å². The van der Waals surface area contributed by atoms with Crippen LogP contribution in [0.4, 0.5) is 0 Å². The fraction of sp³-hybridized carbons (Fsp3) is 0.750. The summed E-state index contributed by atoms with van der Waals surface area (Å²) in [6.07, 6.45) is 3.68. The molecular weight excluding hydrogens is 252 g/mol. The van der Waals surface area contributed by atoms with Crippen LogP contribution in [0.3, 0.4) is 0 Å². The maximum absolute atomic E-state index is 3.77. The molecule has 1 aromatic rings. The maximum Gasteiger partial charge on any atom is 0.0412 e. The summed E-state index contributed by atoms with van der Waals surface area (Å²) in [5.74, 6) is 0.781. The van der Waals surface area contributed by atoms with Crippen molar-refractivity contribution in [2.75, 3.05) is 20.6 Å². The Bertz CT molecular complexity index is 317. The zero-order chi connectivity index (χ0) is 14.3. The summed E-state index contributed by atoms with van der Waals surface area (Å²) < 4.78 is 0. The Morgan fingerprint density at radius 3 is 2.26 bits per heavy atom. The van der Waals surface area contributed by atoms with Gasteiger partial charge in [0.05, 0.1) is 0 Å². The van der Waals surface area contributed by atoms with Crippen LogP contribution in [0.15, 0.2) is 17.5 Å². The van der Waals surface area contributed by atoms with Crippen molar-refractivity contribution in [3.8, 4) is 0 Å². The molecule has 1 aromatic heterocycles. The predicted octanol–water partition coefficient (Wildman–Crippen LogP) is 4.16. The molecule has 0 spiro atoms. The summed E-state index contributed by atoms with van der Waals surface area (Å²) in [5, 5.41) is 5.94. The summed E-state index contributed by atoms with van der Waals surface area (Å²) in [6.45, 7) is 7.96. The number of hydrogen-bond donors (Lipinski definition) is 1. The van der Waals surface area contributed by atoms with Crippen LogP contribution in [0.5, 0.6) is 0 Å². The molecule has 1 N–H and O–H groups in total. The topological polar surface area (TPSA) is 15.3 Å². The molecule has 2 atom stereocenters. The third kappa shape index (κ3) is 4.90. The molecule has 2 nitrogen and oxygen atoms in total. The van der Waals surface area contributed by atoms with E-state index in [0.717, 1.165) is 18.9 Å². The molecule has 0 saturated carbocycles. The van der Waals surface area contributed by atoms with Crippen molar-refractivity contribution in [2.24, 2.45) is 5.92 Å². The van der Waals surface area contributed by atoms with Crippen LogP contribution in [0.1, 0.15) is 51.0 Å². The number of nitrogens with zero attached hydrogens (tertiary/aromatic N) is 1. The van der Waals surface area contributed by atoms with Crippen molar-refractivity contribution in [3.63, 3.8) is 0 Å². The van der Waals surface area contributed by atoms with Crippen LogP contribution in [0.25, 0.3) is 0 Å². The second-order valence-electron chi connectivity index (χ2n) is 5.49.